The summed E-state index contributed by atoms with van der Waals surface area (Å²) in [6.45, 7) is 7.94. The zero-order chi connectivity index (χ0) is 52.8. The predicted molar refractivity (Wildman–Crippen MR) is 286 cm³/mol. The standard InChI is InChI=1S/C55H95N2O12PS/c1-8-10-12-13-14-15-16-17-21-24-27-31-37-52(49(58)34-33-38-53(59)60)71-44-48(56)55(62)68-47(43-67-70(63,64)66-41-40-57(5,6)7)42-65-54(61)39-32-28-25-22-19-18-20-23-26-30-36-51-46(4)45(3)50(69-51)35-29-11-9-2/h14-15,17,21,24,27,31,37,47-49,52,58H,8-13,16,18-20,22-23,25-26,28-30,32-36,38-44,56H2,1-7H3,(H-,59,60,63,64)/b15-14-,21-17-,27-24+,37-31+/t47-,48+,49+,52-/m1/s1. The molecule has 1 aromatic rings. The van der Waals surface area contributed by atoms with E-state index in [-0.39, 0.29) is 38.0 Å². The number of furan rings is 1. The molecule has 408 valence electrons. The largest absolute Gasteiger partial charge is 0.756 e. The number of likely N-dealkylation sites (N-methyl/N-ethyl adjacent to an activating group) is 1. The molecule has 0 fully saturated rings. The van der Waals surface area contributed by atoms with E-state index in [0.29, 0.717) is 17.4 Å². The Morgan fingerprint density at radius 1 is 0.761 bits per heavy atom. The molecule has 5 atom stereocenters. The highest BCUT2D eigenvalue weighted by Gasteiger charge is 2.27. The first-order valence-corrected chi connectivity index (χ1v) is 29.2. The summed E-state index contributed by atoms with van der Waals surface area (Å²) in [6.07, 6.45) is 35.7. The molecule has 71 heavy (non-hydrogen) atoms. The fourth-order valence-corrected chi connectivity index (χ4v) is 9.29. The monoisotopic (exact) mass is 1040 g/mol. The third kappa shape index (κ3) is 35.7. The summed E-state index contributed by atoms with van der Waals surface area (Å²) in [4.78, 5) is 49.8. The number of carboxylic acids is 1. The van der Waals surface area contributed by atoms with E-state index in [1.807, 2.05) is 45.4 Å². The zero-order valence-corrected chi connectivity index (χ0v) is 46.5. The van der Waals surface area contributed by atoms with Crippen molar-refractivity contribution < 1.29 is 61.5 Å². The number of aliphatic carboxylic acids is 1. The first-order valence-electron chi connectivity index (χ1n) is 26.6. The first-order chi connectivity index (χ1) is 33.9. The number of esters is 2. The fourth-order valence-electron chi connectivity index (χ4n) is 7.43. The van der Waals surface area contributed by atoms with Gasteiger partial charge >= 0.3 is 17.9 Å². The maximum atomic E-state index is 13.3. The van der Waals surface area contributed by atoms with Crippen LogP contribution in [0.15, 0.2) is 53.0 Å². The van der Waals surface area contributed by atoms with Gasteiger partial charge in [0, 0.05) is 36.7 Å². The van der Waals surface area contributed by atoms with E-state index < -0.39 is 62.4 Å². The SMILES string of the molecule is CCCCC/C=C\C\C=C/C=C/C=C/[C@@H](SC[C@H](N)C(=O)O[C@H](COC(=O)CCCCCCCCCCCCc1oc(CCCCC)c(C)c1C)COP(=O)([O-])OCC[N+](C)(C)C)[C@@H](O)CCCC(=O)O. The summed E-state index contributed by atoms with van der Waals surface area (Å²) in [5, 5.41) is 19.6. The minimum absolute atomic E-state index is 0.00557. The van der Waals surface area contributed by atoms with Crippen LogP contribution in [-0.2, 0) is 50.3 Å². The van der Waals surface area contributed by atoms with Gasteiger partial charge in [0.1, 0.15) is 37.3 Å². The molecular weight excluding hydrogens is 944 g/mol. The molecule has 0 saturated heterocycles. The van der Waals surface area contributed by atoms with Crippen LogP contribution in [0.2, 0.25) is 0 Å². The van der Waals surface area contributed by atoms with Gasteiger partial charge in [-0.15, -0.1) is 11.8 Å². The van der Waals surface area contributed by atoms with E-state index in [9.17, 15) is 28.9 Å². The maximum Gasteiger partial charge on any atom is 0.324 e. The molecule has 14 nitrogen and oxygen atoms in total. The second kappa shape index (κ2) is 40.4. The van der Waals surface area contributed by atoms with Gasteiger partial charge in [-0.3, -0.25) is 18.9 Å². The van der Waals surface area contributed by atoms with Gasteiger partial charge in [-0.2, -0.15) is 0 Å². The summed E-state index contributed by atoms with van der Waals surface area (Å²) in [5.74, 6) is -0.0131. The molecule has 0 spiro atoms. The lowest BCUT2D eigenvalue weighted by atomic mass is 10.0. The van der Waals surface area contributed by atoms with Gasteiger partial charge in [0.2, 0.25) is 0 Å². The lowest BCUT2D eigenvalue weighted by Crippen LogP contribution is -2.40. The molecule has 1 unspecified atom stereocenters. The number of thioether (sulfide) groups is 1. The van der Waals surface area contributed by atoms with Crippen molar-refractivity contribution in [3.8, 4) is 0 Å². The Kier molecular flexibility index (Phi) is 37.5. The van der Waals surface area contributed by atoms with Crippen LogP contribution in [0.4, 0.5) is 0 Å². The Morgan fingerprint density at radius 2 is 1.35 bits per heavy atom. The topological polar surface area (TPSA) is 208 Å². The number of unbranched alkanes of at least 4 members (excludes halogenated alkanes) is 14. The Bertz CT molecular complexity index is 1760. The van der Waals surface area contributed by atoms with Crippen molar-refractivity contribution in [2.24, 2.45) is 5.73 Å². The molecule has 0 aliphatic carbocycles. The second-order valence-electron chi connectivity index (χ2n) is 19.7. The molecule has 0 aliphatic heterocycles. The minimum Gasteiger partial charge on any atom is -0.756 e. The quantitative estimate of drug-likeness (QED) is 0.0139. The summed E-state index contributed by atoms with van der Waals surface area (Å²) in [7, 11) is 0.848. The normalized spacial score (nSPS) is 15.0. The number of nitrogens with two attached hydrogens (primary N) is 1. The number of hydrogen-bond donors (Lipinski definition) is 3. The average molecular weight is 1040 g/mol. The average Bonchev–Trinajstić information content (AvgIpc) is 3.58. The molecule has 0 radical (unpaired) electrons. The summed E-state index contributed by atoms with van der Waals surface area (Å²) >= 11 is 1.20. The molecular formula is C55H95N2O12PS. The van der Waals surface area contributed by atoms with Crippen molar-refractivity contribution in [2.75, 3.05) is 53.3 Å². The number of ether oxygens (including phenoxy) is 2. The number of hydrogen-bond acceptors (Lipinski definition) is 13. The van der Waals surface area contributed by atoms with Crippen LogP contribution in [0.25, 0.3) is 0 Å². The third-order valence-corrected chi connectivity index (χ3v) is 14.4. The maximum absolute atomic E-state index is 13.3. The lowest BCUT2D eigenvalue weighted by molar-refractivity contribution is -0.870. The highest BCUT2D eigenvalue weighted by molar-refractivity contribution is 8.00. The highest BCUT2D eigenvalue weighted by Crippen LogP contribution is 2.38. The van der Waals surface area contributed by atoms with E-state index in [1.54, 1.807) is 12.2 Å². The molecule has 4 N–H and O–H groups in total. The molecule has 0 aliphatic rings. The van der Waals surface area contributed by atoms with Crippen molar-refractivity contribution in [3.05, 3.63) is 71.3 Å². The van der Waals surface area contributed by atoms with Crippen LogP contribution in [0.1, 0.15) is 178 Å². The number of aliphatic hydroxyl groups is 1. The van der Waals surface area contributed by atoms with Crippen LogP contribution in [-0.4, -0.2) is 109 Å². The summed E-state index contributed by atoms with van der Waals surface area (Å²) in [6, 6.07) is -1.21. The zero-order valence-electron chi connectivity index (χ0n) is 44.8. The second-order valence-corrected chi connectivity index (χ2v) is 22.3. The number of phosphoric acid groups is 1. The number of nitrogens with zero attached hydrogens (tertiary/aromatic N) is 1. The van der Waals surface area contributed by atoms with Gasteiger partial charge in [-0.25, -0.2) is 0 Å². The Hall–Kier alpha value is -3.01. The van der Waals surface area contributed by atoms with Gasteiger partial charge in [0.25, 0.3) is 7.82 Å². The third-order valence-electron chi connectivity index (χ3n) is 12.1. The molecule has 0 amide bonds. The number of phosphoric ester groups is 1. The molecule has 1 heterocycles. The minimum atomic E-state index is -4.80. The van der Waals surface area contributed by atoms with Gasteiger partial charge in [0.05, 0.1) is 33.9 Å². The van der Waals surface area contributed by atoms with Gasteiger partial charge in [0.15, 0.2) is 6.10 Å². The number of aryl methyl sites for hydroxylation is 2. The number of rotatable bonds is 45. The number of carbonyl (C=O) groups is 3. The Morgan fingerprint density at radius 3 is 1.97 bits per heavy atom. The van der Waals surface area contributed by atoms with E-state index in [4.69, 9.17) is 33.8 Å². The van der Waals surface area contributed by atoms with Crippen molar-refractivity contribution >= 4 is 37.5 Å². The summed E-state index contributed by atoms with van der Waals surface area (Å²) < 4.78 is 40.4. The number of carbonyl (C=O) groups excluding carboxylic acids is 2. The van der Waals surface area contributed by atoms with Crippen LogP contribution in [0, 0.1) is 13.8 Å². The van der Waals surface area contributed by atoms with Crippen molar-refractivity contribution in [2.45, 2.75) is 205 Å². The van der Waals surface area contributed by atoms with Crippen molar-refractivity contribution in [1.82, 2.24) is 0 Å². The molecule has 16 heteroatoms. The van der Waals surface area contributed by atoms with Crippen molar-refractivity contribution in [3.63, 3.8) is 0 Å². The van der Waals surface area contributed by atoms with E-state index in [1.165, 1.54) is 92.9 Å². The fraction of sp³-hybridized carbons (Fsp3) is 0.727. The van der Waals surface area contributed by atoms with Crippen molar-refractivity contribution in [1.29, 1.82) is 0 Å². The summed E-state index contributed by atoms with van der Waals surface area (Å²) in [5.41, 5.74) is 8.91. The predicted octanol–water partition coefficient (Wildman–Crippen LogP) is 11.4. The van der Waals surface area contributed by atoms with Gasteiger partial charge in [-0.05, 0) is 76.3 Å². The van der Waals surface area contributed by atoms with Crippen LogP contribution in [0.3, 0.4) is 0 Å². The van der Waals surface area contributed by atoms with E-state index in [2.05, 4.69) is 39.8 Å². The van der Waals surface area contributed by atoms with Crippen LogP contribution in [0.5, 0.6) is 0 Å². The molecule has 0 aromatic carbocycles. The number of allylic oxidation sites excluding steroid dienone is 7. The number of carboxylic acid groups (broad SMARTS) is 1. The Balaban J connectivity index is 2.67. The molecule has 0 saturated carbocycles. The first kappa shape index (κ1) is 66.0. The van der Waals surface area contributed by atoms with Gasteiger partial charge < -0.3 is 48.3 Å². The van der Waals surface area contributed by atoms with E-state index >= 15 is 0 Å². The Labute approximate surface area is 432 Å². The number of quaternary nitrogens is 1. The molecule has 1 rings (SSSR count). The molecule has 0 bridgehead atoms. The smallest absolute Gasteiger partial charge is 0.324 e. The van der Waals surface area contributed by atoms with Crippen LogP contribution < -0.4 is 10.6 Å². The molecule has 1 aromatic heterocycles. The van der Waals surface area contributed by atoms with Crippen LogP contribution >= 0.6 is 19.6 Å². The van der Waals surface area contributed by atoms with Gasteiger partial charge in [-0.1, -0.05) is 140 Å². The number of aliphatic hydroxyl groups excluding tert-OH is 1. The highest BCUT2D eigenvalue weighted by atomic mass is 32.2. The lowest BCUT2D eigenvalue weighted by Gasteiger charge is -2.28. The van der Waals surface area contributed by atoms with E-state index in [0.717, 1.165) is 63.5 Å².